The number of phenols is 1. The minimum Gasteiger partial charge on any atom is -0.507 e. The average molecular weight is 491 g/mol. The Labute approximate surface area is 196 Å². The van der Waals surface area contributed by atoms with E-state index in [1.54, 1.807) is 39.8 Å². The van der Waals surface area contributed by atoms with Crippen LogP contribution in [0.2, 0.25) is 0 Å². The lowest BCUT2D eigenvalue weighted by atomic mass is 10.1. The van der Waals surface area contributed by atoms with Crippen molar-refractivity contribution in [2.45, 2.75) is 47.1 Å². The minimum absolute atomic E-state index is 0.161. The highest BCUT2D eigenvalue weighted by molar-refractivity contribution is 8.01. The summed E-state index contributed by atoms with van der Waals surface area (Å²) in [6.07, 6.45) is 0. The van der Waals surface area contributed by atoms with Gasteiger partial charge in [-0.3, -0.25) is 4.79 Å². The van der Waals surface area contributed by atoms with Crippen LogP contribution < -0.4 is 4.74 Å². The number of benzene rings is 3. The minimum atomic E-state index is -4.11. The molecule has 33 heavy (non-hydrogen) atoms. The summed E-state index contributed by atoms with van der Waals surface area (Å²) in [7, 11) is -4.11. The molecule has 0 radical (unpaired) electrons. The zero-order chi connectivity index (χ0) is 24.6. The summed E-state index contributed by atoms with van der Waals surface area (Å²) in [6, 6.07) is 11.8. The zero-order valence-corrected chi connectivity index (χ0v) is 20.1. The smallest absolute Gasteiger partial charge is 0.319 e. The van der Waals surface area contributed by atoms with Crippen LogP contribution in [0, 0.1) is 19.7 Å². The largest absolute Gasteiger partial charge is 0.507 e. The van der Waals surface area contributed by atoms with Crippen molar-refractivity contribution in [1.29, 1.82) is 0 Å². The van der Waals surface area contributed by atoms with Gasteiger partial charge in [-0.2, -0.15) is 0 Å². The molecule has 0 bridgehead atoms. The highest BCUT2D eigenvalue weighted by Gasteiger charge is 2.29. The number of aryl methyl sites for hydroxylation is 2. The molecule has 0 amide bonds. The number of aliphatic carboxylic acids is 1. The molecule has 6 nitrogen and oxygen atoms in total. The topological polar surface area (TPSA) is 101 Å². The Morgan fingerprint density at radius 2 is 1.58 bits per heavy atom. The van der Waals surface area contributed by atoms with Crippen LogP contribution in [-0.2, 0) is 14.6 Å². The van der Waals surface area contributed by atoms with Crippen molar-refractivity contribution in [2.24, 2.45) is 0 Å². The lowest BCUT2D eigenvalue weighted by Crippen LogP contribution is -2.26. The molecule has 174 valence electrons. The van der Waals surface area contributed by atoms with Gasteiger partial charge in [0, 0.05) is 11.0 Å². The Kier molecular flexibility index (Phi) is 6.76. The molecule has 0 aliphatic carbocycles. The normalized spacial score (nSPS) is 11.9. The molecule has 0 spiro atoms. The van der Waals surface area contributed by atoms with Crippen molar-refractivity contribution < 1.29 is 32.6 Å². The molecule has 2 N–H and O–H groups in total. The molecule has 0 aromatic heterocycles. The van der Waals surface area contributed by atoms with Crippen LogP contribution in [0.15, 0.2) is 69.3 Å². The quantitative estimate of drug-likeness (QED) is 0.322. The Hall–Kier alpha value is -3.04. The number of halogens is 1. The van der Waals surface area contributed by atoms with E-state index in [4.69, 9.17) is 4.74 Å². The number of carboxylic acids is 1. The van der Waals surface area contributed by atoms with Crippen LogP contribution in [0.3, 0.4) is 0 Å². The van der Waals surface area contributed by atoms with Crippen LogP contribution >= 0.6 is 11.8 Å². The summed E-state index contributed by atoms with van der Waals surface area (Å²) in [4.78, 5) is 11.7. The standard InChI is InChI=1S/C24H23FO6S2/c1-14-11-18(32-24(3,4)23(27)28)12-15(2)22(14)31-17-7-10-20(26)21(13-17)33(29,30)19-8-5-16(25)6-9-19/h5-13,26H,1-4H3,(H,27,28). The average Bonchev–Trinajstić information content (AvgIpc) is 2.71. The number of phenolic OH excluding ortho intramolecular Hbond substituents is 1. The van der Waals surface area contributed by atoms with Gasteiger partial charge >= 0.3 is 5.97 Å². The number of aromatic hydroxyl groups is 1. The molecule has 0 aliphatic rings. The molecule has 0 fully saturated rings. The fraction of sp³-hybridized carbons (Fsp3) is 0.208. The molecular weight excluding hydrogens is 467 g/mol. The fourth-order valence-electron chi connectivity index (χ4n) is 3.10. The van der Waals surface area contributed by atoms with Gasteiger partial charge in [-0.25, -0.2) is 12.8 Å². The summed E-state index contributed by atoms with van der Waals surface area (Å²) >= 11 is 1.21. The van der Waals surface area contributed by atoms with Gasteiger partial charge in [0.2, 0.25) is 9.84 Å². The van der Waals surface area contributed by atoms with Crippen molar-refractivity contribution in [3.8, 4) is 17.2 Å². The van der Waals surface area contributed by atoms with Crippen molar-refractivity contribution in [2.75, 3.05) is 0 Å². The second-order valence-corrected chi connectivity index (χ2v) is 11.6. The molecule has 3 aromatic rings. The number of hydrogen-bond donors (Lipinski definition) is 2. The predicted molar refractivity (Wildman–Crippen MR) is 124 cm³/mol. The van der Waals surface area contributed by atoms with Crippen LogP contribution in [-0.4, -0.2) is 29.3 Å². The zero-order valence-electron chi connectivity index (χ0n) is 18.4. The van der Waals surface area contributed by atoms with E-state index in [1.807, 2.05) is 0 Å². The molecule has 3 aromatic carbocycles. The van der Waals surface area contributed by atoms with Crippen molar-refractivity contribution in [3.63, 3.8) is 0 Å². The number of carboxylic acid groups (broad SMARTS) is 1. The van der Waals surface area contributed by atoms with Gasteiger partial charge in [-0.05, 0) is 87.4 Å². The van der Waals surface area contributed by atoms with Crippen molar-refractivity contribution in [1.82, 2.24) is 0 Å². The lowest BCUT2D eigenvalue weighted by molar-refractivity contribution is -0.138. The van der Waals surface area contributed by atoms with E-state index in [1.165, 1.54) is 30.0 Å². The summed E-state index contributed by atoms with van der Waals surface area (Å²) in [6.45, 7) is 6.84. The molecule has 0 atom stereocenters. The summed E-state index contributed by atoms with van der Waals surface area (Å²) in [5.41, 5.74) is 1.46. The third kappa shape index (κ3) is 5.31. The van der Waals surface area contributed by atoms with Gasteiger partial charge in [0.25, 0.3) is 0 Å². The summed E-state index contributed by atoms with van der Waals surface area (Å²) in [5, 5.41) is 19.6. The molecular formula is C24H23FO6S2. The second kappa shape index (κ2) is 9.07. The van der Waals surface area contributed by atoms with E-state index in [2.05, 4.69) is 0 Å². The van der Waals surface area contributed by atoms with E-state index in [9.17, 15) is 27.8 Å². The maximum Gasteiger partial charge on any atom is 0.319 e. The third-order valence-electron chi connectivity index (χ3n) is 4.89. The van der Waals surface area contributed by atoms with Gasteiger partial charge in [-0.15, -0.1) is 11.8 Å². The van der Waals surface area contributed by atoms with Crippen molar-refractivity contribution >= 4 is 27.6 Å². The molecule has 9 heteroatoms. The van der Waals surface area contributed by atoms with Crippen LogP contribution in [0.25, 0.3) is 0 Å². The predicted octanol–water partition coefficient (Wildman–Crippen LogP) is 5.73. The number of hydrogen-bond acceptors (Lipinski definition) is 6. The first-order valence-electron chi connectivity index (χ1n) is 9.86. The first kappa shape index (κ1) is 24.6. The maximum atomic E-state index is 13.2. The Morgan fingerprint density at radius 1 is 1.00 bits per heavy atom. The van der Waals surface area contributed by atoms with E-state index in [0.29, 0.717) is 5.75 Å². The van der Waals surface area contributed by atoms with Gasteiger partial charge < -0.3 is 14.9 Å². The van der Waals surface area contributed by atoms with E-state index < -0.39 is 32.1 Å². The van der Waals surface area contributed by atoms with E-state index in [-0.39, 0.29) is 15.5 Å². The molecule has 0 unspecified atom stereocenters. The highest BCUT2D eigenvalue weighted by Crippen LogP contribution is 2.39. The molecule has 0 saturated carbocycles. The summed E-state index contributed by atoms with van der Waals surface area (Å²) in [5.74, 6) is -1.28. The molecule has 0 aliphatic heterocycles. The molecule has 0 saturated heterocycles. The van der Waals surface area contributed by atoms with Gasteiger partial charge in [0.05, 0.1) is 4.90 Å². The Bertz CT molecular complexity index is 1290. The number of sulfone groups is 1. The monoisotopic (exact) mass is 490 g/mol. The van der Waals surface area contributed by atoms with Crippen molar-refractivity contribution in [3.05, 3.63) is 71.5 Å². The summed E-state index contributed by atoms with van der Waals surface area (Å²) < 4.78 is 44.0. The van der Waals surface area contributed by atoms with E-state index >= 15 is 0 Å². The number of rotatable bonds is 7. The third-order valence-corrected chi connectivity index (χ3v) is 7.84. The van der Waals surface area contributed by atoms with Crippen LogP contribution in [0.1, 0.15) is 25.0 Å². The van der Waals surface area contributed by atoms with Crippen LogP contribution in [0.5, 0.6) is 17.2 Å². The fourth-order valence-corrected chi connectivity index (χ4v) is 5.61. The number of carbonyl (C=O) groups is 1. The second-order valence-electron chi connectivity index (χ2n) is 7.99. The van der Waals surface area contributed by atoms with E-state index in [0.717, 1.165) is 40.3 Å². The lowest BCUT2D eigenvalue weighted by Gasteiger charge is -2.20. The highest BCUT2D eigenvalue weighted by atomic mass is 32.2. The first-order valence-corrected chi connectivity index (χ1v) is 12.2. The van der Waals surface area contributed by atoms with Gasteiger partial charge in [-0.1, -0.05) is 0 Å². The SMILES string of the molecule is Cc1cc(SC(C)(C)C(=O)O)cc(C)c1Oc1ccc(O)c(S(=O)(=O)c2ccc(F)cc2)c1. The number of ether oxygens (including phenoxy) is 1. The Morgan fingerprint density at radius 3 is 2.12 bits per heavy atom. The molecule has 0 heterocycles. The Balaban J connectivity index is 1.95. The first-order chi connectivity index (χ1) is 15.3. The maximum absolute atomic E-state index is 13.2. The van der Waals surface area contributed by atoms with Gasteiger partial charge in [0.1, 0.15) is 32.7 Å². The van der Waals surface area contributed by atoms with Crippen LogP contribution in [0.4, 0.5) is 4.39 Å². The number of thioether (sulfide) groups is 1. The molecule has 3 rings (SSSR count). The van der Waals surface area contributed by atoms with Gasteiger partial charge in [0.15, 0.2) is 0 Å².